The minimum absolute atomic E-state index is 0.0344. The van der Waals surface area contributed by atoms with Gasteiger partial charge in [-0.3, -0.25) is 0 Å². The van der Waals surface area contributed by atoms with Crippen LogP contribution in [-0.4, -0.2) is 0 Å². The van der Waals surface area contributed by atoms with Crippen molar-refractivity contribution < 1.29 is 0 Å². The first-order valence-electron chi connectivity index (χ1n) is 19.9. The van der Waals surface area contributed by atoms with Crippen LogP contribution in [0.1, 0.15) is 118 Å². The zero-order chi connectivity index (χ0) is 38.4. The van der Waals surface area contributed by atoms with E-state index in [1.807, 2.05) is 0 Å². The topological polar surface area (TPSA) is 3.24 Å². The molecule has 7 aromatic rings. The van der Waals surface area contributed by atoms with Gasteiger partial charge in [-0.1, -0.05) is 182 Å². The summed E-state index contributed by atoms with van der Waals surface area (Å²) in [6.07, 6.45) is 1.09. The molecule has 2 atom stereocenters. The second-order valence-corrected chi connectivity index (χ2v) is 17.6. The number of rotatable bonds is 8. The number of aryl methyl sites for hydroxylation is 2. The predicted molar refractivity (Wildman–Crippen MR) is 236 cm³/mol. The van der Waals surface area contributed by atoms with Crippen LogP contribution < -0.4 is 4.90 Å². The first-order valence-corrected chi connectivity index (χ1v) is 19.9. The Morgan fingerprint density at radius 2 is 0.907 bits per heavy atom. The smallest absolute Gasteiger partial charge is 0.0618 e. The third-order valence-corrected chi connectivity index (χ3v) is 11.6. The largest absolute Gasteiger partial charge is 0.309 e. The molecule has 0 aliphatic carbocycles. The maximum Gasteiger partial charge on any atom is 0.0618 e. The van der Waals surface area contributed by atoms with Crippen molar-refractivity contribution in [1.82, 2.24) is 0 Å². The van der Waals surface area contributed by atoms with Gasteiger partial charge in [-0.25, -0.2) is 0 Å². The van der Waals surface area contributed by atoms with Gasteiger partial charge in [-0.15, -0.1) is 0 Å². The minimum atomic E-state index is 0.0344. The van der Waals surface area contributed by atoms with Crippen molar-refractivity contribution in [2.24, 2.45) is 0 Å². The van der Waals surface area contributed by atoms with Gasteiger partial charge in [0.1, 0.15) is 0 Å². The molecule has 0 spiro atoms. The molecule has 1 nitrogen and oxygen atoms in total. The Bertz CT molecular complexity index is 2380. The van der Waals surface area contributed by atoms with Gasteiger partial charge in [0.15, 0.2) is 0 Å². The van der Waals surface area contributed by atoms with Crippen molar-refractivity contribution in [3.05, 3.63) is 184 Å². The zero-order valence-corrected chi connectivity index (χ0v) is 34.1. The van der Waals surface area contributed by atoms with Crippen LogP contribution in [0.3, 0.4) is 0 Å². The van der Waals surface area contributed by atoms with Gasteiger partial charge in [0.05, 0.1) is 5.69 Å². The molecule has 54 heavy (non-hydrogen) atoms. The summed E-state index contributed by atoms with van der Waals surface area (Å²) in [5, 5.41) is 5.12. The van der Waals surface area contributed by atoms with Crippen molar-refractivity contribution in [3.8, 4) is 0 Å². The van der Waals surface area contributed by atoms with E-state index in [0.717, 1.165) is 17.8 Å². The number of hydrogen-bond donors (Lipinski definition) is 0. The van der Waals surface area contributed by atoms with E-state index in [4.69, 9.17) is 0 Å². The zero-order valence-electron chi connectivity index (χ0n) is 34.1. The highest BCUT2D eigenvalue weighted by Crippen LogP contribution is 2.50. The minimum Gasteiger partial charge on any atom is -0.309 e. The van der Waals surface area contributed by atoms with Gasteiger partial charge in [-0.05, 0) is 105 Å². The summed E-state index contributed by atoms with van der Waals surface area (Å²) in [7, 11) is 0. The maximum atomic E-state index is 2.52. The molecule has 0 aromatic heterocycles. The van der Waals surface area contributed by atoms with Gasteiger partial charge < -0.3 is 4.90 Å². The Morgan fingerprint density at radius 1 is 0.481 bits per heavy atom. The van der Waals surface area contributed by atoms with Gasteiger partial charge in [0, 0.05) is 28.1 Å². The Morgan fingerprint density at radius 3 is 1.43 bits per heavy atom. The van der Waals surface area contributed by atoms with E-state index in [0.29, 0.717) is 5.92 Å². The average Bonchev–Trinajstić information content (AvgIpc) is 3.16. The fourth-order valence-electron chi connectivity index (χ4n) is 7.97. The summed E-state index contributed by atoms with van der Waals surface area (Å²) < 4.78 is 0. The number of anilines is 3. The SMILES string of the molecule is CCC(C)c1ccc2c(N(c3ccc(C)cc3)c3ccc(C(C)(C)C)cc3)c3ccccc3c(C(c3ccc(C)cc3)c3ccc(C(C)(C)C)cc3)c2c1. The van der Waals surface area contributed by atoms with Gasteiger partial charge in [0.2, 0.25) is 0 Å². The summed E-state index contributed by atoms with van der Waals surface area (Å²) in [6.45, 7) is 22.8. The molecule has 0 aliphatic rings. The normalized spacial score (nSPS) is 13.3. The molecular weight excluding hydrogens is 651 g/mol. The van der Waals surface area contributed by atoms with Gasteiger partial charge in [0.25, 0.3) is 0 Å². The number of fused-ring (bicyclic) bond motifs is 2. The number of benzene rings is 7. The Balaban J connectivity index is 1.61. The molecule has 2 unspecified atom stereocenters. The molecule has 274 valence electrons. The lowest BCUT2D eigenvalue weighted by molar-refractivity contribution is 0.590. The first kappa shape index (κ1) is 37.2. The lowest BCUT2D eigenvalue weighted by Crippen LogP contribution is -2.15. The second-order valence-electron chi connectivity index (χ2n) is 17.6. The molecule has 0 N–H and O–H groups in total. The molecule has 0 aliphatic heterocycles. The highest BCUT2D eigenvalue weighted by Gasteiger charge is 2.28. The molecule has 0 fully saturated rings. The summed E-state index contributed by atoms with van der Waals surface area (Å²) in [5.41, 5.74) is 14.3. The second kappa shape index (κ2) is 14.6. The lowest BCUT2D eigenvalue weighted by Gasteiger charge is -2.32. The third kappa shape index (κ3) is 7.22. The van der Waals surface area contributed by atoms with Gasteiger partial charge >= 0.3 is 0 Å². The van der Waals surface area contributed by atoms with Crippen LogP contribution in [0, 0.1) is 13.8 Å². The number of nitrogens with zero attached hydrogens (tertiary/aromatic N) is 1. The Labute approximate surface area is 324 Å². The van der Waals surface area contributed by atoms with Crippen LogP contribution in [-0.2, 0) is 10.8 Å². The van der Waals surface area contributed by atoms with E-state index in [1.165, 1.54) is 71.7 Å². The molecule has 0 bridgehead atoms. The average molecular weight is 708 g/mol. The van der Waals surface area contributed by atoms with Crippen molar-refractivity contribution in [3.63, 3.8) is 0 Å². The maximum absolute atomic E-state index is 2.52. The van der Waals surface area contributed by atoms with E-state index < -0.39 is 0 Å². The molecular formula is C53H57N. The van der Waals surface area contributed by atoms with Crippen molar-refractivity contribution in [2.75, 3.05) is 4.90 Å². The standard InChI is InChI=1S/C53H57N/c1-11-37(4)40-24-33-47-48(34-40)50(49(38-20-16-35(2)17-21-38)39-22-25-41(26-23-39)52(5,6)7)45-14-12-13-15-46(45)51(47)54(43-29-18-36(3)19-30-43)44-31-27-42(28-32-44)53(8,9)10/h12-34,37,49H,11H2,1-10H3. The van der Waals surface area contributed by atoms with Crippen LogP contribution in [0.2, 0.25) is 0 Å². The summed E-state index contributed by atoms with van der Waals surface area (Å²) in [4.78, 5) is 2.50. The fourth-order valence-corrected chi connectivity index (χ4v) is 7.97. The summed E-state index contributed by atoms with van der Waals surface area (Å²) in [6, 6.07) is 53.5. The molecule has 0 saturated carbocycles. The predicted octanol–water partition coefficient (Wildman–Crippen LogP) is 15.4. The van der Waals surface area contributed by atoms with E-state index in [1.54, 1.807) is 0 Å². The van der Waals surface area contributed by atoms with E-state index in [-0.39, 0.29) is 16.7 Å². The van der Waals surface area contributed by atoms with Crippen LogP contribution in [0.4, 0.5) is 17.1 Å². The molecule has 1 heteroatoms. The Hall–Kier alpha value is -5.14. The van der Waals surface area contributed by atoms with E-state index >= 15 is 0 Å². The van der Waals surface area contributed by atoms with Gasteiger partial charge in [-0.2, -0.15) is 0 Å². The number of hydrogen-bond acceptors (Lipinski definition) is 1. The quantitative estimate of drug-likeness (QED) is 0.112. The summed E-state index contributed by atoms with van der Waals surface area (Å²) >= 11 is 0. The van der Waals surface area contributed by atoms with Crippen LogP contribution in [0.25, 0.3) is 21.5 Å². The molecule has 7 rings (SSSR count). The summed E-state index contributed by atoms with van der Waals surface area (Å²) in [5.74, 6) is 0.478. The molecule has 0 heterocycles. The molecule has 7 aromatic carbocycles. The van der Waals surface area contributed by atoms with Crippen molar-refractivity contribution in [1.29, 1.82) is 0 Å². The molecule has 0 radical (unpaired) electrons. The molecule has 0 saturated heterocycles. The fraction of sp³-hybridized carbons (Fsp3) is 0.283. The Kier molecular flexibility index (Phi) is 10.0. The van der Waals surface area contributed by atoms with Crippen molar-refractivity contribution >= 4 is 38.6 Å². The van der Waals surface area contributed by atoms with Crippen LogP contribution >= 0.6 is 0 Å². The lowest BCUT2D eigenvalue weighted by atomic mass is 9.77. The van der Waals surface area contributed by atoms with E-state index in [2.05, 4.69) is 214 Å². The van der Waals surface area contributed by atoms with Crippen LogP contribution in [0.15, 0.2) is 140 Å². The van der Waals surface area contributed by atoms with E-state index in [9.17, 15) is 0 Å². The molecule has 0 amide bonds. The van der Waals surface area contributed by atoms with Crippen molar-refractivity contribution in [2.45, 2.75) is 98.3 Å². The van der Waals surface area contributed by atoms with Crippen LogP contribution in [0.5, 0.6) is 0 Å². The highest BCUT2D eigenvalue weighted by atomic mass is 15.1. The first-order chi connectivity index (χ1) is 25.7. The monoisotopic (exact) mass is 707 g/mol. The third-order valence-electron chi connectivity index (χ3n) is 11.6. The highest BCUT2D eigenvalue weighted by molar-refractivity contribution is 6.17.